The monoisotopic (exact) mass is 1150 g/mol. The van der Waals surface area contributed by atoms with Crippen molar-refractivity contribution in [1.29, 1.82) is 0 Å². The molecule has 2 fully saturated rings. The second kappa shape index (κ2) is 24.3. The van der Waals surface area contributed by atoms with Crippen LogP contribution < -0.4 is 0 Å². The van der Waals surface area contributed by atoms with E-state index in [0.717, 1.165) is 60.7 Å². The summed E-state index contributed by atoms with van der Waals surface area (Å²) in [7, 11) is -17.7. The molecule has 2 heterocycles. The number of likely N-dealkylation sites (tertiary alicyclic amines) is 2. The molecule has 0 saturated carbocycles. The Morgan fingerprint density at radius 3 is 1.20 bits per heavy atom. The summed E-state index contributed by atoms with van der Waals surface area (Å²) in [6.45, 7) is 11.5. The number of hydrogen-bond donors (Lipinski definition) is 0. The Morgan fingerprint density at radius 2 is 0.867 bits per heavy atom. The van der Waals surface area contributed by atoms with Gasteiger partial charge in [-0.25, -0.2) is 47.7 Å². The minimum Gasteiger partial charge on any atom is -0.444 e. The highest BCUT2D eigenvalue weighted by Gasteiger charge is 2.40. The molecular formula is C48H57F8N3O12S4. The first-order valence-corrected chi connectivity index (χ1v) is 28.9. The number of amides is 2. The highest BCUT2D eigenvalue weighted by atomic mass is 32.3. The van der Waals surface area contributed by atoms with Crippen molar-refractivity contribution in [2.24, 2.45) is 11.8 Å². The average molecular weight is 1150 g/mol. The quantitative estimate of drug-likeness (QED) is 0.108. The van der Waals surface area contributed by atoms with Crippen LogP contribution in [0.25, 0.3) is 0 Å². The summed E-state index contributed by atoms with van der Waals surface area (Å²) in [5.74, 6) is -1.16. The van der Waals surface area contributed by atoms with Crippen LogP contribution in [0.15, 0.2) is 129 Å². The van der Waals surface area contributed by atoms with Gasteiger partial charge < -0.3 is 19.3 Å². The molecule has 0 bridgehead atoms. The standard InChI is InChI=1S/C18H23F4NO4S.C18H24F3NO4S.C12H10FNO4S2/c1-17(2,3)27-16(24)23-10-8-12(9-11-23)15(19)28(25,26)14-6-4-13(5-7-14)18(20,21)22;1-17(2,3)26-16(23)22-10-8-13(9-11-22)12-27(24,25)15-6-4-14(5-7-15)18(19,20)21;13-14(19(15,16)11-7-3-1-4-8-11)20(17,18)12-9-5-2-6-10-12/h4-7,12,15H,8-11H2,1-3H3;4-7,13H,8-12H2,1-3H3;1-10H. The summed E-state index contributed by atoms with van der Waals surface area (Å²) >= 11 is 0. The van der Waals surface area contributed by atoms with Gasteiger partial charge in [0.1, 0.15) is 11.2 Å². The minimum absolute atomic E-state index is 0.111. The smallest absolute Gasteiger partial charge is 0.416 e. The molecule has 15 nitrogen and oxygen atoms in total. The molecule has 2 aliphatic heterocycles. The van der Waals surface area contributed by atoms with Crippen LogP contribution in [0.3, 0.4) is 0 Å². The number of ether oxygens (including phenoxy) is 2. The van der Waals surface area contributed by atoms with E-state index in [-0.39, 0.29) is 42.5 Å². The van der Waals surface area contributed by atoms with Gasteiger partial charge >= 0.3 is 24.5 Å². The number of alkyl halides is 7. The predicted molar refractivity (Wildman–Crippen MR) is 258 cm³/mol. The second-order valence-electron chi connectivity index (χ2n) is 19.2. The highest BCUT2D eigenvalue weighted by molar-refractivity contribution is 8.03. The molecule has 0 radical (unpaired) electrons. The average Bonchev–Trinajstić information content (AvgIpc) is 3.33. The number of sulfonamides is 2. The van der Waals surface area contributed by atoms with Crippen LogP contribution in [0.5, 0.6) is 0 Å². The van der Waals surface area contributed by atoms with Gasteiger partial charge in [0.25, 0.3) is 20.0 Å². The lowest BCUT2D eigenvalue weighted by molar-refractivity contribution is -0.138. The van der Waals surface area contributed by atoms with E-state index in [1.807, 2.05) is 0 Å². The number of carbonyl (C=O) groups is 2. The molecule has 0 N–H and O–H groups in total. The Hall–Kier alpha value is -5.38. The van der Waals surface area contributed by atoms with E-state index in [9.17, 15) is 78.5 Å². The molecular weight excluding hydrogens is 1090 g/mol. The van der Waals surface area contributed by atoms with Gasteiger partial charge in [-0.2, -0.15) is 26.3 Å². The van der Waals surface area contributed by atoms with Gasteiger partial charge in [0.2, 0.25) is 15.3 Å². The van der Waals surface area contributed by atoms with Gasteiger partial charge in [-0.05, 0) is 146 Å². The lowest BCUT2D eigenvalue weighted by Gasteiger charge is -2.34. The molecule has 2 saturated heterocycles. The third-order valence-electron chi connectivity index (χ3n) is 11.1. The molecule has 0 aromatic heterocycles. The van der Waals surface area contributed by atoms with Crippen LogP contribution in [-0.4, -0.2) is 108 Å². The first kappa shape index (κ1) is 62.2. The molecule has 0 aliphatic carbocycles. The fourth-order valence-electron chi connectivity index (χ4n) is 7.23. The van der Waals surface area contributed by atoms with E-state index in [4.69, 9.17) is 9.47 Å². The topological polar surface area (TPSA) is 199 Å². The normalized spacial score (nSPS) is 16.2. The Bertz CT molecular complexity index is 2930. The third-order valence-corrected chi connectivity index (χ3v) is 18.6. The Morgan fingerprint density at radius 1 is 0.533 bits per heavy atom. The molecule has 1 atom stereocenters. The zero-order chi connectivity index (χ0) is 56.6. The van der Waals surface area contributed by atoms with Crippen LogP contribution >= 0.6 is 0 Å². The van der Waals surface area contributed by atoms with Gasteiger partial charge in [0, 0.05) is 32.1 Å². The number of halogens is 8. The molecule has 2 aliphatic rings. The maximum atomic E-state index is 14.7. The Balaban J connectivity index is 0.000000247. The maximum absolute atomic E-state index is 14.7. The summed E-state index contributed by atoms with van der Waals surface area (Å²) in [6, 6.07) is 19.3. The summed E-state index contributed by atoms with van der Waals surface area (Å²) in [5.41, 5.74) is -5.42. The van der Waals surface area contributed by atoms with Gasteiger partial charge in [0.15, 0.2) is 9.84 Å². The van der Waals surface area contributed by atoms with Gasteiger partial charge in [-0.1, -0.05) is 36.4 Å². The first-order valence-electron chi connectivity index (χ1n) is 22.8. The number of sulfone groups is 2. The number of piperidine rings is 2. The van der Waals surface area contributed by atoms with Crippen LogP contribution in [0.1, 0.15) is 78.4 Å². The number of nitrogens with zero attached hydrogens (tertiary/aromatic N) is 3. The van der Waals surface area contributed by atoms with Crippen molar-refractivity contribution in [2.75, 3.05) is 31.9 Å². The van der Waals surface area contributed by atoms with Crippen molar-refractivity contribution in [3.05, 3.63) is 120 Å². The number of rotatable bonds is 10. The van der Waals surface area contributed by atoms with E-state index in [1.54, 1.807) is 46.4 Å². The molecule has 416 valence electrons. The molecule has 6 rings (SSSR count). The van der Waals surface area contributed by atoms with Crippen molar-refractivity contribution in [3.8, 4) is 0 Å². The van der Waals surface area contributed by atoms with E-state index in [2.05, 4.69) is 0 Å². The van der Waals surface area contributed by atoms with Crippen LogP contribution in [-0.2, 0) is 61.5 Å². The first-order chi connectivity index (χ1) is 34.4. The summed E-state index contributed by atoms with van der Waals surface area (Å²) in [5, 5.41) is 0. The fourth-order valence-corrected chi connectivity index (χ4v) is 13.4. The molecule has 4 aromatic rings. The van der Waals surface area contributed by atoms with Gasteiger partial charge in [-0.15, -0.1) is 4.48 Å². The van der Waals surface area contributed by atoms with E-state index < -0.39 is 117 Å². The van der Waals surface area contributed by atoms with Crippen molar-refractivity contribution < 1.29 is 87.9 Å². The van der Waals surface area contributed by atoms with Crippen molar-refractivity contribution >= 4 is 51.9 Å². The molecule has 75 heavy (non-hydrogen) atoms. The summed E-state index contributed by atoms with van der Waals surface area (Å²) < 4.78 is 211. The highest BCUT2D eigenvalue weighted by Crippen LogP contribution is 2.35. The molecule has 0 spiro atoms. The molecule has 2 amide bonds. The molecule has 4 aromatic carbocycles. The van der Waals surface area contributed by atoms with Crippen molar-refractivity contribution in [3.63, 3.8) is 0 Å². The van der Waals surface area contributed by atoms with Crippen LogP contribution in [0, 0.1) is 11.8 Å². The largest absolute Gasteiger partial charge is 0.444 e. The fraction of sp³-hybridized carbons (Fsp3) is 0.458. The number of benzene rings is 4. The SMILES string of the molecule is CC(C)(C)OC(=O)N1CCC(C(F)S(=O)(=O)c2ccc(C(F)(F)F)cc2)CC1.CC(C)(C)OC(=O)N1CCC(CS(=O)(=O)c2ccc(C(F)(F)F)cc2)CC1.O=S(=O)(c1ccccc1)N(F)S(=O)(=O)c1ccccc1. The Kier molecular flexibility index (Phi) is 20.1. The lowest BCUT2D eigenvalue weighted by Crippen LogP contribution is -2.44. The zero-order valence-corrected chi connectivity index (χ0v) is 44.7. The maximum Gasteiger partial charge on any atom is 0.416 e. The van der Waals surface area contributed by atoms with Crippen LogP contribution in [0.2, 0.25) is 0 Å². The van der Waals surface area contributed by atoms with Crippen molar-refractivity contribution in [2.45, 2.75) is 116 Å². The van der Waals surface area contributed by atoms with E-state index >= 15 is 0 Å². The molecule has 1 unspecified atom stereocenters. The predicted octanol–water partition coefficient (Wildman–Crippen LogP) is 10.5. The third kappa shape index (κ3) is 17.6. The summed E-state index contributed by atoms with van der Waals surface area (Å²) in [6.07, 6.45) is -8.86. The lowest BCUT2D eigenvalue weighted by atomic mass is 9.98. The zero-order valence-electron chi connectivity index (χ0n) is 41.4. The van der Waals surface area contributed by atoms with E-state index in [1.165, 1.54) is 41.3 Å². The van der Waals surface area contributed by atoms with Gasteiger partial charge in [0.05, 0.1) is 40.4 Å². The minimum atomic E-state index is -4.77. The van der Waals surface area contributed by atoms with Gasteiger partial charge in [-0.3, -0.25) is 0 Å². The summed E-state index contributed by atoms with van der Waals surface area (Å²) in [4.78, 5) is 25.5. The van der Waals surface area contributed by atoms with Crippen LogP contribution in [0.4, 0.5) is 44.8 Å². The Labute approximate surface area is 431 Å². The van der Waals surface area contributed by atoms with E-state index in [0.29, 0.717) is 38.1 Å². The van der Waals surface area contributed by atoms with Crippen molar-refractivity contribution in [1.82, 2.24) is 13.7 Å². The number of hydrogen-bond acceptors (Lipinski definition) is 12. The second-order valence-corrected chi connectivity index (χ2v) is 27.0. The molecule has 27 heteroatoms. The number of carbonyl (C=O) groups excluding carboxylic acids is 2.